The lowest BCUT2D eigenvalue weighted by atomic mass is 9.86. The predicted molar refractivity (Wildman–Crippen MR) is 139 cm³/mol. The summed E-state index contributed by atoms with van der Waals surface area (Å²) < 4.78 is 8.51. The van der Waals surface area contributed by atoms with Crippen molar-refractivity contribution >= 4 is 19.1 Å². The first kappa shape index (κ1) is 22.8. The maximum absolute atomic E-state index is 6.18. The lowest BCUT2D eigenvalue weighted by Gasteiger charge is -2.39. The number of aromatic nitrogens is 2. The highest BCUT2D eigenvalue weighted by Crippen LogP contribution is 2.40. The van der Waals surface area contributed by atoms with E-state index in [0.29, 0.717) is 18.8 Å². The van der Waals surface area contributed by atoms with Crippen LogP contribution in [-0.2, 0) is 24.4 Å². The molecule has 2 fully saturated rings. The molecule has 2 bridgehead atoms. The van der Waals surface area contributed by atoms with Gasteiger partial charge in [0.05, 0.1) is 17.6 Å². The number of hydrogen-bond acceptors (Lipinski definition) is 3. The lowest BCUT2D eigenvalue weighted by molar-refractivity contribution is 0.0724. The maximum atomic E-state index is 6.18. The fourth-order valence-corrected chi connectivity index (χ4v) is 6.60. The molecular weight excluding hydrogens is 422 g/mol. The van der Waals surface area contributed by atoms with E-state index in [1.165, 1.54) is 55.1 Å². The lowest BCUT2D eigenvalue weighted by Crippen LogP contribution is -2.43. The van der Waals surface area contributed by atoms with Crippen LogP contribution >= 0.6 is 0 Å². The van der Waals surface area contributed by atoms with E-state index in [1.807, 2.05) is 0 Å². The van der Waals surface area contributed by atoms with Gasteiger partial charge in [-0.1, -0.05) is 62.1 Å². The van der Waals surface area contributed by atoms with Gasteiger partial charge in [-0.2, -0.15) is 0 Å². The van der Waals surface area contributed by atoms with Gasteiger partial charge in [0, 0.05) is 26.8 Å². The van der Waals surface area contributed by atoms with Crippen molar-refractivity contribution in [3.8, 4) is 0 Å². The highest BCUT2D eigenvalue weighted by Gasteiger charge is 2.41. The van der Waals surface area contributed by atoms with Crippen molar-refractivity contribution in [1.29, 1.82) is 0 Å². The molecule has 0 N–H and O–H groups in total. The van der Waals surface area contributed by atoms with Crippen LogP contribution in [0.1, 0.15) is 37.1 Å². The van der Waals surface area contributed by atoms with Crippen molar-refractivity contribution in [2.75, 3.05) is 6.61 Å². The van der Waals surface area contributed by atoms with Gasteiger partial charge in [-0.3, -0.25) is 4.90 Å². The third-order valence-electron chi connectivity index (χ3n) is 7.62. The Morgan fingerprint density at radius 1 is 0.939 bits per heavy atom. The van der Waals surface area contributed by atoms with Crippen molar-refractivity contribution < 1.29 is 4.74 Å². The number of fused-ring (bicyclic) bond motifs is 3. The van der Waals surface area contributed by atoms with Crippen LogP contribution < -0.4 is 0 Å². The molecule has 2 unspecified atom stereocenters. The number of piperidine rings is 1. The second-order valence-corrected chi connectivity index (χ2v) is 17.0. The van der Waals surface area contributed by atoms with E-state index in [-0.39, 0.29) is 0 Å². The normalized spacial score (nSPS) is 23.4. The van der Waals surface area contributed by atoms with Gasteiger partial charge < -0.3 is 9.30 Å². The van der Waals surface area contributed by atoms with E-state index >= 15 is 0 Å². The number of ether oxygens (including phenoxy) is 1. The smallest absolute Gasteiger partial charge is 0.126 e. The molecular formula is C28H39N3OSi. The zero-order valence-corrected chi connectivity index (χ0v) is 21.5. The first-order valence-electron chi connectivity index (χ1n) is 12.8. The minimum absolute atomic E-state index is 0.611. The molecule has 5 rings (SSSR count). The van der Waals surface area contributed by atoms with Gasteiger partial charge in [-0.15, -0.1) is 0 Å². The van der Waals surface area contributed by atoms with Crippen LogP contribution in [0.25, 0.3) is 11.0 Å². The van der Waals surface area contributed by atoms with Gasteiger partial charge >= 0.3 is 0 Å². The Kier molecular flexibility index (Phi) is 6.73. The van der Waals surface area contributed by atoms with Crippen LogP contribution in [0.2, 0.25) is 25.7 Å². The summed E-state index contributed by atoms with van der Waals surface area (Å²) in [7, 11) is -1.08. The van der Waals surface area contributed by atoms with Crippen molar-refractivity contribution in [3.05, 3.63) is 66.0 Å². The van der Waals surface area contributed by atoms with Crippen LogP contribution in [0.15, 0.2) is 54.6 Å². The Labute approximate surface area is 200 Å². The molecule has 0 radical (unpaired) electrons. The fraction of sp³-hybridized carbons (Fsp3) is 0.536. The molecule has 0 saturated carbocycles. The number of nitrogens with zero attached hydrogens (tertiary/aromatic N) is 3. The zero-order chi connectivity index (χ0) is 22.8. The number of para-hydroxylation sites is 2. The Morgan fingerprint density at radius 3 is 2.36 bits per heavy atom. The molecule has 2 atom stereocenters. The summed E-state index contributed by atoms with van der Waals surface area (Å²) in [5.74, 6) is 1.98. The summed E-state index contributed by atoms with van der Waals surface area (Å²) in [6.07, 6.45) is 6.54. The van der Waals surface area contributed by atoms with E-state index in [2.05, 4.69) is 83.7 Å². The summed E-state index contributed by atoms with van der Waals surface area (Å²) in [5, 5.41) is 0. The molecule has 3 aromatic rings. The molecule has 5 heteroatoms. The summed E-state index contributed by atoms with van der Waals surface area (Å²) in [4.78, 5) is 7.83. The highest BCUT2D eigenvalue weighted by atomic mass is 28.3. The van der Waals surface area contributed by atoms with Gasteiger partial charge in [-0.05, 0) is 61.8 Å². The van der Waals surface area contributed by atoms with Gasteiger partial charge in [0.1, 0.15) is 12.6 Å². The van der Waals surface area contributed by atoms with Crippen LogP contribution in [0, 0.1) is 5.92 Å². The Hall–Kier alpha value is -1.95. The Bertz CT molecular complexity index is 1040. The molecule has 2 aromatic carbocycles. The molecule has 0 spiro atoms. The molecule has 2 aliphatic rings. The molecule has 2 aliphatic heterocycles. The molecule has 2 saturated heterocycles. The summed E-state index contributed by atoms with van der Waals surface area (Å²) in [6.45, 7) is 9.63. The van der Waals surface area contributed by atoms with Crippen LogP contribution in [0.4, 0.5) is 0 Å². The molecule has 4 nitrogen and oxygen atoms in total. The molecule has 3 heterocycles. The maximum Gasteiger partial charge on any atom is 0.126 e. The average molecular weight is 462 g/mol. The molecule has 33 heavy (non-hydrogen) atoms. The quantitative estimate of drug-likeness (QED) is 0.275. The zero-order valence-electron chi connectivity index (χ0n) is 20.5. The van der Waals surface area contributed by atoms with E-state index in [9.17, 15) is 0 Å². The fourth-order valence-electron chi connectivity index (χ4n) is 5.85. The molecule has 1 aromatic heterocycles. The van der Waals surface area contributed by atoms with E-state index in [0.717, 1.165) is 24.6 Å². The summed E-state index contributed by atoms with van der Waals surface area (Å²) in [6, 6.07) is 22.2. The van der Waals surface area contributed by atoms with Crippen molar-refractivity contribution in [3.63, 3.8) is 0 Å². The molecule has 176 valence electrons. The van der Waals surface area contributed by atoms with Crippen molar-refractivity contribution in [2.24, 2.45) is 5.92 Å². The highest BCUT2D eigenvalue weighted by molar-refractivity contribution is 6.76. The van der Waals surface area contributed by atoms with Gasteiger partial charge in [-0.25, -0.2) is 4.98 Å². The molecule has 0 amide bonds. The Morgan fingerprint density at radius 2 is 1.64 bits per heavy atom. The van der Waals surface area contributed by atoms with Crippen LogP contribution in [-0.4, -0.2) is 41.2 Å². The minimum atomic E-state index is -1.08. The monoisotopic (exact) mass is 461 g/mol. The number of benzene rings is 2. The van der Waals surface area contributed by atoms with Gasteiger partial charge in [0.25, 0.3) is 0 Å². The second-order valence-electron chi connectivity index (χ2n) is 11.4. The first-order chi connectivity index (χ1) is 16.0. The Balaban J connectivity index is 1.28. The second kappa shape index (κ2) is 9.73. The van der Waals surface area contributed by atoms with Crippen LogP contribution in [0.3, 0.4) is 0 Å². The standard InChI is InChI=1S/C28H39N3OSi/c1-33(2,3)16-15-32-21-31-27-12-8-7-11-26(27)29-28(31)20-30-24-13-14-25(30)19-23(18-24)17-22-9-5-4-6-10-22/h4-12,23-25H,13-21H2,1-3H3. The summed E-state index contributed by atoms with van der Waals surface area (Å²) >= 11 is 0. The number of imidazole rings is 1. The first-order valence-corrected chi connectivity index (χ1v) is 16.5. The van der Waals surface area contributed by atoms with E-state index in [4.69, 9.17) is 9.72 Å². The van der Waals surface area contributed by atoms with E-state index < -0.39 is 8.07 Å². The van der Waals surface area contributed by atoms with Gasteiger partial charge in [0.2, 0.25) is 0 Å². The van der Waals surface area contributed by atoms with Crippen molar-refractivity contribution in [1.82, 2.24) is 14.5 Å². The third kappa shape index (κ3) is 5.42. The topological polar surface area (TPSA) is 30.3 Å². The average Bonchev–Trinajstić information content (AvgIpc) is 3.24. The molecule has 0 aliphatic carbocycles. The van der Waals surface area contributed by atoms with E-state index in [1.54, 1.807) is 0 Å². The van der Waals surface area contributed by atoms with Gasteiger partial charge in [0.15, 0.2) is 0 Å². The van der Waals surface area contributed by atoms with Crippen molar-refractivity contribution in [2.45, 2.75) is 83.1 Å². The predicted octanol–water partition coefficient (Wildman–Crippen LogP) is 6.33. The largest absolute Gasteiger partial charge is 0.361 e. The third-order valence-corrected chi connectivity index (χ3v) is 9.33. The number of rotatable bonds is 9. The number of hydrogen-bond donors (Lipinski definition) is 0. The summed E-state index contributed by atoms with van der Waals surface area (Å²) in [5.41, 5.74) is 3.78. The van der Waals surface area contributed by atoms with Crippen LogP contribution in [0.5, 0.6) is 0 Å². The minimum Gasteiger partial charge on any atom is -0.361 e. The SMILES string of the molecule is C[Si](C)(C)CCOCn1c(CN2C3CCC2CC(Cc2ccccc2)C3)nc2ccccc21.